The number of ketones is 2. The summed E-state index contributed by atoms with van der Waals surface area (Å²) in [7, 11) is 0. The van der Waals surface area contributed by atoms with Crippen molar-refractivity contribution < 1.29 is 49.2 Å². The molecule has 0 radical (unpaired) electrons. The Balaban J connectivity index is 0. The van der Waals surface area contributed by atoms with Crippen LogP contribution in [0.5, 0.6) is 0 Å². The fourth-order valence-corrected chi connectivity index (χ4v) is 0.800. The van der Waals surface area contributed by atoms with E-state index in [0.29, 0.717) is 0 Å². The number of carbonyl (C=O) groups is 6. The minimum atomic E-state index is -1.30. The quantitative estimate of drug-likeness (QED) is 0.405. The topological polar surface area (TPSA) is 183 Å². The highest BCUT2D eigenvalue weighted by atomic mass is 16.4. The lowest BCUT2D eigenvalue weighted by atomic mass is 10.2. The molecule has 0 atom stereocenters. The first-order valence-electron chi connectivity index (χ1n) is 4.95. The summed E-state index contributed by atoms with van der Waals surface area (Å²) in [4.78, 5) is 59.7. The van der Waals surface area contributed by atoms with Crippen LogP contribution in [0.1, 0.15) is 25.7 Å². The summed E-state index contributed by atoms with van der Waals surface area (Å²) in [6, 6.07) is 0. The molecule has 0 aliphatic heterocycles. The molecule has 0 saturated carbocycles. The number of carboxylic acid groups (broad SMARTS) is 4. The van der Waals surface area contributed by atoms with E-state index in [-0.39, 0.29) is 0 Å². The van der Waals surface area contributed by atoms with Gasteiger partial charge in [0.15, 0.2) is 11.6 Å². The zero-order chi connectivity index (χ0) is 16.3. The highest BCUT2D eigenvalue weighted by Crippen LogP contribution is 1.89. The van der Waals surface area contributed by atoms with Crippen LogP contribution < -0.4 is 0 Å². The third kappa shape index (κ3) is 17.6. The van der Waals surface area contributed by atoms with E-state index in [1.165, 1.54) is 0 Å². The average molecular weight is 292 g/mol. The van der Waals surface area contributed by atoms with Gasteiger partial charge in [0.25, 0.3) is 0 Å². The molecule has 10 nitrogen and oxygen atoms in total. The molecule has 0 aromatic carbocycles. The molecule has 0 aliphatic carbocycles. The Bertz CT molecular complexity index is 346. The van der Waals surface area contributed by atoms with Gasteiger partial charge < -0.3 is 20.4 Å². The Morgan fingerprint density at radius 2 is 0.600 bits per heavy atom. The molecule has 0 heterocycles. The summed E-state index contributed by atoms with van der Waals surface area (Å²) in [6.07, 6.45) is -2.86. The van der Waals surface area contributed by atoms with Crippen molar-refractivity contribution in [2.24, 2.45) is 0 Å². The maximum Gasteiger partial charge on any atom is 0.310 e. The zero-order valence-corrected chi connectivity index (χ0v) is 10.1. The number of rotatable bonds is 8. The third-order valence-electron chi connectivity index (χ3n) is 1.39. The molecule has 0 aliphatic rings. The highest BCUT2D eigenvalue weighted by Gasteiger charge is 2.11. The van der Waals surface area contributed by atoms with E-state index >= 15 is 0 Å². The molecule has 112 valence electrons. The number of carboxylic acids is 4. The largest absolute Gasteiger partial charge is 0.481 e. The minimum Gasteiger partial charge on any atom is -0.481 e. The summed E-state index contributed by atoms with van der Waals surface area (Å²) < 4.78 is 0. The Morgan fingerprint density at radius 3 is 0.700 bits per heavy atom. The van der Waals surface area contributed by atoms with Gasteiger partial charge in [-0.3, -0.25) is 28.8 Å². The SMILES string of the molecule is O=C(O)CC(=O)CC(=O)O.O=C(O)CC(=O)CC(=O)O. The van der Waals surface area contributed by atoms with Gasteiger partial charge in [-0.1, -0.05) is 0 Å². The number of hydrogen-bond donors (Lipinski definition) is 4. The number of carbonyl (C=O) groups excluding carboxylic acids is 2. The molecular formula is C10H12O10. The molecule has 0 aromatic rings. The molecule has 0 fully saturated rings. The van der Waals surface area contributed by atoms with E-state index in [4.69, 9.17) is 20.4 Å². The van der Waals surface area contributed by atoms with Crippen LogP contribution in [0.2, 0.25) is 0 Å². The molecule has 0 amide bonds. The van der Waals surface area contributed by atoms with Gasteiger partial charge in [0, 0.05) is 0 Å². The first kappa shape index (κ1) is 19.6. The van der Waals surface area contributed by atoms with Crippen LogP contribution in [0.15, 0.2) is 0 Å². The van der Waals surface area contributed by atoms with E-state index < -0.39 is 61.1 Å². The maximum atomic E-state index is 10.3. The fraction of sp³-hybridized carbons (Fsp3) is 0.400. The molecule has 0 bridgehead atoms. The van der Waals surface area contributed by atoms with Gasteiger partial charge in [-0.15, -0.1) is 0 Å². The smallest absolute Gasteiger partial charge is 0.310 e. The third-order valence-corrected chi connectivity index (χ3v) is 1.39. The van der Waals surface area contributed by atoms with Crippen molar-refractivity contribution in [2.45, 2.75) is 25.7 Å². The normalized spacial score (nSPS) is 8.80. The van der Waals surface area contributed by atoms with Crippen molar-refractivity contribution >= 4 is 35.4 Å². The van der Waals surface area contributed by atoms with Crippen LogP contribution in [0.4, 0.5) is 0 Å². The summed E-state index contributed by atoms with van der Waals surface area (Å²) in [5.41, 5.74) is 0. The molecule has 0 aromatic heterocycles. The molecule has 0 saturated heterocycles. The van der Waals surface area contributed by atoms with Gasteiger partial charge in [0.2, 0.25) is 0 Å². The first-order valence-corrected chi connectivity index (χ1v) is 4.95. The van der Waals surface area contributed by atoms with Gasteiger partial charge in [0.1, 0.15) is 25.7 Å². The average Bonchev–Trinajstić information content (AvgIpc) is 2.11. The van der Waals surface area contributed by atoms with E-state index in [1.54, 1.807) is 0 Å². The van der Waals surface area contributed by atoms with Crippen LogP contribution in [-0.4, -0.2) is 55.9 Å². The number of aliphatic carboxylic acids is 4. The van der Waals surface area contributed by atoms with Crippen molar-refractivity contribution in [1.82, 2.24) is 0 Å². The lowest BCUT2D eigenvalue weighted by Gasteiger charge is -1.89. The predicted octanol–water partition coefficient (Wildman–Crippen LogP) is -0.990. The van der Waals surface area contributed by atoms with E-state index in [0.717, 1.165) is 0 Å². The summed E-state index contributed by atoms with van der Waals surface area (Å²) in [5.74, 6) is -6.78. The van der Waals surface area contributed by atoms with Gasteiger partial charge in [-0.05, 0) is 0 Å². The number of hydrogen-bond acceptors (Lipinski definition) is 6. The van der Waals surface area contributed by atoms with Crippen LogP contribution in [0.3, 0.4) is 0 Å². The Hall–Kier alpha value is -2.78. The lowest BCUT2D eigenvalue weighted by molar-refractivity contribution is -0.146. The second kappa shape index (κ2) is 10.2. The van der Waals surface area contributed by atoms with Crippen LogP contribution in [-0.2, 0) is 28.8 Å². The summed E-state index contributed by atoms with van der Waals surface area (Å²) in [5, 5.41) is 31.9. The van der Waals surface area contributed by atoms with Crippen LogP contribution in [0.25, 0.3) is 0 Å². The van der Waals surface area contributed by atoms with Crippen molar-refractivity contribution in [3.63, 3.8) is 0 Å². The van der Waals surface area contributed by atoms with Gasteiger partial charge in [-0.2, -0.15) is 0 Å². The molecule has 20 heavy (non-hydrogen) atoms. The molecular weight excluding hydrogens is 280 g/mol. The monoisotopic (exact) mass is 292 g/mol. The van der Waals surface area contributed by atoms with E-state index in [1.807, 2.05) is 0 Å². The Kier molecular flexibility index (Phi) is 9.95. The van der Waals surface area contributed by atoms with Crippen LogP contribution in [0, 0.1) is 0 Å². The highest BCUT2D eigenvalue weighted by molar-refractivity contribution is 6.03. The Morgan fingerprint density at radius 1 is 0.450 bits per heavy atom. The molecule has 0 unspecified atom stereocenters. The molecule has 10 heteroatoms. The van der Waals surface area contributed by atoms with Crippen molar-refractivity contribution in [1.29, 1.82) is 0 Å². The predicted molar refractivity (Wildman–Crippen MR) is 59.0 cm³/mol. The van der Waals surface area contributed by atoms with Crippen LogP contribution >= 0.6 is 0 Å². The van der Waals surface area contributed by atoms with Crippen molar-refractivity contribution in [3.8, 4) is 0 Å². The molecule has 4 N–H and O–H groups in total. The second-order valence-electron chi connectivity index (χ2n) is 3.36. The van der Waals surface area contributed by atoms with Gasteiger partial charge >= 0.3 is 23.9 Å². The number of Topliss-reactive ketones (excluding diaryl/α,β-unsaturated/α-hetero) is 2. The summed E-state index contributed by atoms with van der Waals surface area (Å²) in [6.45, 7) is 0. The molecule has 0 rings (SSSR count). The fourth-order valence-electron chi connectivity index (χ4n) is 0.800. The minimum absolute atomic E-state index is 0.716. The molecule has 0 spiro atoms. The maximum absolute atomic E-state index is 10.3. The van der Waals surface area contributed by atoms with Crippen molar-refractivity contribution in [3.05, 3.63) is 0 Å². The van der Waals surface area contributed by atoms with E-state index in [9.17, 15) is 28.8 Å². The first-order chi connectivity index (χ1) is 9.04. The second-order valence-corrected chi connectivity index (χ2v) is 3.36. The lowest BCUT2D eigenvalue weighted by Crippen LogP contribution is -2.11. The van der Waals surface area contributed by atoms with E-state index in [2.05, 4.69) is 0 Å². The standard InChI is InChI=1S/2C5H6O5/c2*6-3(1-4(7)8)2-5(9)10/h2*1-2H2,(H,7,8)(H,9,10). The van der Waals surface area contributed by atoms with Crippen molar-refractivity contribution in [2.75, 3.05) is 0 Å². The van der Waals surface area contributed by atoms with Gasteiger partial charge in [-0.25, -0.2) is 0 Å². The van der Waals surface area contributed by atoms with Gasteiger partial charge in [0.05, 0.1) is 0 Å². The Labute approximate surface area is 111 Å². The summed E-state index contributed by atoms with van der Waals surface area (Å²) >= 11 is 0. The zero-order valence-electron chi connectivity index (χ0n) is 10.1.